The first-order valence-electron chi connectivity index (χ1n) is 6.13. The van der Waals surface area contributed by atoms with E-state index in [1.807, 2.05) is 12.5 Å². The largest absolute Gasteiger partial charge is 0.304 e. The maximum Gasteiger partial charge on any atom is 0.0993 e. The van der Waals surface area contributed by atoms with Gasteiger partial charge >= 0.3 is 0 Å². The van der Waals surface area contributed by atoms with Gasteiger partial charge in [-0.25, -0.2) is 4.98 Å². The Bertz CT molecular complexity index is 472. The molecule has 0 amide bonds. The van der Waals surface area contributed by atoms with Crippen molar-refractivity contribution in [2.45, 2.75) is 45.4 Å². The SMILES string of the molecule is CCCC(C)(CC)c1ccc2ccncn12. The summed E-state index contributed by atoms with van der Waals surface area (Å²) in [4.78, 5) is 4.22. The van der Waals surface area contributed by atoms with Gasteiger partial charge in [-0.1, -0.05) is 27.2 Å². The number of nitrogens with zero attached hydrogens (tertiary/aromatic N) is 2. The van der Waals surface area contributed by atoms with Crippen LogP contribution >= 0.6 is 0 Å². The summed E-state index contributed by atoms with van der Waals surface area (Å²) in [7, 11) is 0. The highest BCUT2D eigenvalue weighted by Crippen LogP contribution is 2.33. The lowest BCUT2D eigenvalue weighted by molar-refractivity contribution is 0.399. The summed E-state index contributed by atoms with van der Waals surface area (Å²) in [6.07, 6.45) is 7.39. The number of hydrogen-bond donors (Lipinski definition) is 0. The zero-order chi connectivity index (χ0) is 11.6. The predicted octanol–water partition coefficient (Wildman–Crippen LogP) is 3.80. The maximum atomic E-state index is 4.22. The molecule has 2 nitrogen and oxygen atoms in total. The van der Waals surface area contributed by atoms with Gasteiger partial charge in [-0.15, -0.1) is 0 Å². The Morgan fingerprint density at radius 2 is 2.06 bits per heavy atom. The average Bonchev–Trinajstić information content (AvgIpc) is 2.73. The van der Waals surface area contributed by atoms with Crippen LogP contribution in [0.2, 0.25) is 0 Å². The highest BCUT2D eigenvalue weighted by Gasteiger charge is 2.26. The smallest absolute Gasteiger partial charge is 0.0993 e. The first kappa shape index (κ1) is 11.2. The lowest BCUT2D eigenvalue weighted by Gasteiger charge is -2.28. The molecule has 86 valence electrons. The summed E-state index contributed by atoms with van der Waals surface area (Å²) in [6.45, 7) is 6.87. The van der Waals surface area contributed by atoms with E-state index in [0.29, 0.717) is 0 Å². The second-order valence-electron chi connectivity index (χ2n) is 4.76. The summed E-state index contributed by atoms with van der Waals surface area (Å²) >= 11 is 0. The van der Waals surface area contributed by atoms with Gasteiger partial charge in [0.15, 0.2) is 0 Å². The van der Waals surface area contributed by atoms with Crippen LogP contribution in [0.1, 0.15) is 45.7 Å². The predicted molar refractivity (Wildman–Crippen MR) is 67.7 cm³/mol. The Morgan fingerprint density at radius 1 is 1.25 bits per heavy atom. The van der Waals surface area contributed by atoms with Crippen molar-refractivity contribution in [1.82, 2.24) is 9.38 Å². The van der Waals surface area contributed by atoms with Crippen LogP contribution < -0.4 is 0 Å². The normalized spacial score (nSPS) is 15.2. The zero-order valence-corrected chi connectivity index (χ0v) is 10.4. The molecule has 2 heteroatoms. The van der Waals surface area contributed by atoms with Crippen LogP contribution in [0, 0.1) is 0 Å². The molecule has 0 bridgehead atoms. The molecule has 0 aliphatic heterocycles. The van der Waals surface area contributed by atoms with E-state index in [9.17, 15) is 0 Å². The standard InChI is InChI=1S/C14H20N2/c1-4-9-14(3,5-2)13-7-6-12-8-10-15-11-16(12)13/h6-8,10-11H,4-5,9H2,1-3H3. The second-order valence-corrected chi connectivity index (χ2v) is 4.76. The van der Waals surface area contributed by atoms with Crippen LogP contribution in [0.5, 0.6) is 0 Å². The first-order valence-corrected chi connectivity index (χ1v) is 6.13. The minimum Gasteiger partial charge on any atom is -0.304 e. The molecule has 2 aromatic rings. The summed E-state index contributed by atoms with van der Waals surface area (Å²) in [5.41, 5.74) is 2.89. The molecular weight excluding hydrogens is 196 g/mol. The molecule has 0 saturated carbocycles. The van der Waals surface area contributed by atoms with E-state index < -0.39 is 0 Å². The molecular formula is C14H20N2. The van der Waals surface area contributed by atoms with Gasteiger partial charge in [0.25, 0.3) is 0 Å². The fourth-order valence-corrected chi connectivity index (χ4v) is 2.48. The molecule has 0 fully saturated rings. The molecule has 2 rings (SSSR count). The third kappa shape index (κ3) is 1.73. The van der Waals surface area contributed by atoms with Crippen molar-refractivity contribution in [2.75, 3.05) is 0 Å². The van der Waals surface area contributed by atoms with Gasteiger partial charge in [-0.05, 0) is 31.0 Å². The molecule has 0 radical (unpaired) electrons. The van der Waals surface area contributed by atoms with Gasteiger partial charge in [0.05, 0.1) is 6.33 Å². The molecule has 0 aromatic carbocycles. The minimum atomic E-state index is 0.268. The summed E-state index contributed by atoms with van der Waals surface area (Å²) in [6, 6.07) is 6.49. The Labute approximate surface area is 97.3 Å². The summed E-state index contributed by atoms with van der Waals surface area (Å²) in [5, 5.41) is 0. The van der Waals surface area contributed by atoms with E-state index in [4.69, 9.17) is 0 Å². The van der Waals surface area contributed by atoms with Crippen molar-refractivity contribution < 1.29 is 0 Å². The Hall–Kier alpha value is -1.31. The van der Waals surface area contributed by atoms with E-state index in [2.05, 4.69) is 48.4 Å². The third-order valence-electron chi connectivity index (χ3n) is 3.66. The topological polar surface area (TPSA) is 17.3 Å². The molecule has 0 saturated heterocycles. The molecule has 0 aliphatic rings. The zero-order valence-electron chi connectivity index (χ0n) is 10.4. The quantitative estimate of drug-likeness (QED) is 0.759. The van der Waals surface area contributed by atoms with E-state index >= 15 is 0 Å². The van der Waals surface area contributed by atoms with E-state index in [-0.39, 0.29) is 5.41 Å². The van der Waals surface area contributed by atoms with Crippen molar-refractivity contribution in [1.29, 1.82) is 0 Å². The lowest BCUT2D eigenvalue weighted by Crippen LogP contribution is -2.22. The van der Waals surface area contributed by atoms with Gasteiger partial charge in [0, 0.05) is 22.8 Å². The molecule has 0 spiro atoms. The van der Waals surface area contributed by atoms with Gasteiger partial charge in [0.2, 0.25) is 0 Å². The van der Waals surface area contributed by atoms with Crippen LogP contribution in [0.15, 0.2) is 30.7 Å². The van der Waals surface area contributed by atoms with Gasteiger partial charge in [-0.3, -0.25) is 0 Å². The van der Waals surface area contributed by atoms with Gasteiger partial charge in [-0.2, -0.15) is 0 Å². The Morgan fingerprint density at radius 3 is 2.75 bits per heavy atom. The minimum absolute atomic E-state index is 0.268. The van der Waals surface area contributed by atoms with Gasteiger partial charge < -0.3 is 4.40 Å². The van der Waals surface area contributed by atoms with E-state index in [0.717, 1.165) is 0 Å². The monoisotopic (exact) mass is 216 g/mol. The highest BCUT2D eigenvalue weighted by molar-refractivity contribution is 5.49. The van der Waals surface area contributed by atoms with Gasteiger partial charge in [0.1, 0.15) is 0 Å². The van der Waals surface area contributed by atoms with Crippen molar-refractivity contribution in [3.05, 3.63) is 36.4 Å². The summed E-state index contributed by atoms with van der Waals surface area (Å²) in [5.74, 6) is 0. The van der Waals surface area contributed by atoms with E-state index in [1.54, 1.807) is 0 Å². The number of aromatic nitrogens is 2. The van der Waals surface area contributed by atoms with Crippen LogP contribution in [0.3, 0.4) is 0 Å². The molecule has 2 aromatic heterocycles. The Kier molecular flexibility index (Phi) is 2.99. The Balaban J connectivity index is 2.53. The van der Waals surface area contributed by atoms with Crippen LogP contribution in [0.4, 0.5) is 0 Å². The number of fused-ring (bicyclic) bond motifs is 1. The average molecular weight is 216 g/mol. The first-order chi connectivity index (χ1) is 7.71. The number of rotatable bonds is 4. The molecule has 0 aliphatic carbocycles. The fraction of sp³-hybridized carbons (Fsp3) is 0.500. The summed E-state index contributed by atoms with van der Waals surface area (Å²) < 4.78 is 2.22. The highest BCUT2D eigenvalue weighted by atomic mass is 15.0. The number of hydrogen-bond acceptors (Lipinski definition) is 1. The van der Waals surface area contributed by atoms with Crippen LogP contribution in [-0.2, 0) is 5.41 Å². The maximum absolute atomic E-state index is 4.22. The van der Waals surface area contributed by atoms with Crippen molar-refractivity contribution in [3.63, 3.8) is 0 Å². The second kappa shape index (κ2) is 4.28. The van der Waals surface area contributed by atoms with Crippen LogP contribution in [0.25, 0.3) is 5.52 Å². The molecule has 1 atom stereocenters. The van der Waals surface area contributed by atoms with Crippen molar-refractivity contribution >= 4 is 5.52 Å². The molecule has 0 N–H and O–H groups in total. The van der Waals surface area contributed by atoms with E-state index in [1.165, 1.54) is 30.5 Å². The molecule has 1 unspecified atom stereocenters. The third-order valence-corrected chi connectivity index (χ3v) is 3.66. The molecule has 2 heterocycles. The molecule has 16 heavy (non-hydrogen) atoms. The van der Waals surface area contributed by atoms with Crippen molar-refractivity contribution in [2.24, 2.45) is 0 Å². The lowest BCUT2D eigenvalue weighted by atomic mass is 9.80. The fourth-order valence-electron chi connectivity index (χ4n) is 2.48. The van der Waals surface area contributed by atoms with Crippen molar-refractivity contribution in [3.8, 4) is 0 Å². The van der Waals surface area contributed by atoms with Crippen LogP contribution in [-0.4, -0.2) is 9.38 Å².